The predicted molar refractivity (Wildman–Crippen MR) is 277 cm³/mol. The van der Waals surface area contributed by atoms with E-state index in [2.05, 4.69) is 149 Å². The van der Waals surface area contributed by atoms with Crippen molar-refractivity contribution in [3.8, 4) is 79.4 Å². The van der Waals surface area contributed by atoms with Gasteiger partial charge in [0, 0.05) is 66.3 Å². The summed E-state index contributed by atoms with van der Waals surface area (Å²) in [6, 6.07) is 82.2. The molecule has 13 rings (SSSR count). The molecular formula is C61H39N7. The highest BCUT2D eigenvalue weighted by Crippen LogP contribution is 2.43. The fourth-order valence-corrected chi connectivity index (χ4v) is 9.67. The Hall–Kier alpha value is -9.33. The molecule has 0 N–H and O–H groups in total. The maximum atomic E-state index is 5.18. The monoisotopic (exact) mass is 869 g/mol. The molecule has 4 aromatic heterocycles. The molecule has 0 amide bonds. The van der Waals surface area contributed by atoms with Crippen LogP contribution in [0.4, 0.5) is 0 Å². The van der Waals surface area contributed by atoms with Crippen LogP contribution in [0.25, 0.3) is 123 Å². The molecule has 0 spiro atoms. The number of fused-ring (bicyclic) bond motifs is 7. The van der Waals surface area contributed by atoms with E-state index >= 15 is 0 Å². The Morgan fingerprint density at radius 3 is 1.07 bits per heavy atom. The molecule has 0 bridgehead atoms. The van der Waals surface area contributed by atoms with Gasteiger partial charge in [0.15, 0.2) is 23.3 Å². The molecule has 0 atom stereocenters. The highest BCUT2D eigenvalue weighted by atomic mass is 15.0. The van der Waals surface area contributed by atoms with E-state index < -0.39 is 0 Å². The molecule has 0 radical (unpaired) electrons. The van der Waals surface area contributed by atoms with Crippen molar-refractivity contribution in [2.24, 2.45) is 0 Å². The third kappa shape index (κ3) is 6.72. The number of hydrogen-bond donors (Lipinski definition) is 0. The normalized spacial score (nSPS) is 11.5. The number of rotatable bonds is 8. The maximum absolute atomic E-state index is 5.18. The number of hydrogen-bond acceptors (Lipinski definition) is 5. The molecule has 68 heavy (non-hydrogen) atoms. The first kappa shape index (κ1) is 39.1. The van der Waals surface area contributed by atoms with Crippen molar-refractivity contribution in [1.82, 2.24) is 34.1 Å². The zero-order valence-electron chi connectivity index (χ0n) is 36.6. The summed E-state index contributed by atoms with van der Waals surface area (Å²) in [4.78, 5) is 25.3. The number of aromatic nitrogens is 7. The molecule has 0 aliphatic rings. The molecule has 0 fully saturated rings. The molecule has 0 aliphatic heterocycles. The summed E-state index contributed by atoms with van der Waals surface area (Å²) < 4.78 is 4.77. The van der Waals surface area contributed by atoms with Gasteiger partial charge < -0.3 is 9.13 Å². The lowest BCUT2D eigenvalue weighted by molar-refractivity contribution is 1.07. The van der Waals surface area contributed by atoms with E-state index in [1.807, 2.05) is 97.1 Å². The van der Waals surface area contributed by atoms with Gasteiger partial charge in [-0.15, -0.1) is 0 Å². The van der Waals surface area contributed by atoms with E-state index in [1.54, 1.807) is 0 Å². The second-order valence-corrected chi connectivity index (χ2v) is 16.9. The zero-order valence-corrected chi connectivity index (χ0v) is 36.6. The molecule has 0 unspecified atom stereocenters. The topological polar surface area (TPSA) is 74.3 Å². The summed E-state index contributed by atoms with van der Waals surface area (Å²) in [5, 5.41) is 4.76. The molecule has 7 heteroatoms. The SMILES string of the molecule is c1ccc(-c2cc(-c3cccc(-n4c5ccccc5c5c6c7ccccc7n(-c7cccc(-c8nc(-c9ccccc9)nc(-c9ccccc9)n8)c7)c6ccc54)c3)nc(-c3ccccc3)n2)cc1. The first-order chi connectivity index (χ1) is 33.7. The van der Waals surface area contributed by atoms with Crippen LogP contribution in [0.3, 0.4) is 0 Å². The Bertz CT molecular complexity index is 3630. The summed E-state index contributed by atoms with van der Waals surface area (Å²) in [5.41, 5.74) is 14.1. The minimum absolute atomic E-state index is 0.613. The Morgan fingerprint density at radius 2 is 0.588 bits per heavy atom. The van der Waals surface area contributed by atoms with Gasteiger partial charge in [0.2, 0.25) is 0 Å². The molecule has 318 valence electrons. The zero-order chi connectivity index (χ0) is 45.0. The van der Waals surface area contributed by atoms with Gasteiger partial charge in [-0.3, -0.25) is 0 Å². The van der Waals surface area contributed by atoms with Gasteiger partial charge in [0.05, 0.1) is 33.5 Å². The van der Waals surface area contributed by atoms with Crippen LogP contribution >= 0.6 is 0 Å². The third-order valence-corrected chi connectivity index (χ3v) is 12.8. The van der Waals surface area contributed by atoms with Crippen LogP contribution in [-0.2, 0) is 0 Å². The predicted octanol–water partition coefficient (Wildman–Crippen LogP) is 14.9. The Kier molecular flexibility index (Phi) is 9.35. The lowest BCUT2D eigenvalue weighted by Gasteiger charge is -2.13. The molecule has 4 heterocycles. The van der Waals surface area contributed by atoms with E-state index in [0.29, 0.717) is 23.3 Å². The van der Waals surface area contributed by atoms with Gasteiger partial charge >= 0.3 is 0 Å². The summed E-state index contributed by atoms with van der Waals surface area (Å²) in [6.45, 7) is 0. The van der Waals surface area contributed by atoms with Crippen molar-refractivity contribution in [3.05, 3.63) is 237 Å². The smallest absolute Gasteiger partial charge is 0.164 e. The number of nitrogens with zero attached hydrogens (tertiary/aromatic N) is 7. The van der Waals surface area contributed by atoms with Crippen molar-refractivity contribution < 1.29 is 0 Å². The molecule has 7 nitrogen and oxygen atoms in total. The summed E-state index contributed by atoms with van der Waals surface area (Å²) >= 11 is 0. The standard InChI is InChI=1S/C61H39N7/c1-5-19-40(20-6-1)50-39-51(63-58(62-50)41-21-7-2-8-22-41)44-27-17-29-46(37-44)67-52-33-15-13-31-48(52)56-54(67)35-36-55-57(56)49-32-14-16-34-53(49)68(55)47-30-18-28-45(38-47)61-65-59(42-23-9-3-10-24-42)64-60(66-61)43-25-11-4-12-26-43/h1-39H. The van der Waals surface area contributed by atoms with Crippen LogP contribution in [0.5, 0.6) is 0 Å². The minimum atomic E-state index is 0.613. The first-order valence-corrected chi connectivity index (χ1v) is 22.8. The number of benzene rings is 9. The average molecular weight is 870 g/mol. The Labute approximate surface area is 392 Å². The quantitative estimate of drug-likeness (QED) is 0.152. The maximum Gasteiger partial charge on any atom is 0.164 e. The van der Waals surface area contributed by atoms with Gasteiger partial charge in [0.1, 0.15) is 0 Å². The summed E-state index contributed by atoms with van der Waals surface area (Å²) in [6.07, 6.45) is 0. The van der Waals surface area contributed by atoms with Gasteiger partial charge in [-0.05, 0) is 54.6 Å². The first-order valence-electron chi connectivity index (χ1n) is 22.8. The lowest BCUT2D eigenvalue weighted by atomic mass is 10.1. The fraction of sp³-hybridized carbons (Fsp3) is 0. The van der Waals surface area contributed by atoms with E-state index in [0.717, 1.165) is 78.2 Å². The van der Waals surface area contributed by atoms with Crippen molar-refractivity contribution in [3.63, 3.8) is 0 Å². The molecule has 13 aromatic rings. The van der Waals surface area contributed by atoms with Crippen LogP contribution < -0.4 is 0 Å². The van der Waals surface area contributed by atoms with Crippen LogP contribution in [0.1, 0.15) is 0 Å². The average Bonchev–Trinajstić information content (AvgIpc) is 3.95. The highest BCUT2D eigenvalue weighted by molar-refractivity contribution is 6.29. The van der Waals surface area contributed by atoms with Gasteiger partial charge in [0.25, 0.3) is 0 Å². The molecule has 0 aliphatic carbocycles. The second kappa shape index (κ2) is 16.3. The highest BCUT2D eigenvalue weighted by Gasteiger charge is 2.22. The molecule has 0 saturated carbocycles. The second-order valence-electron chi connectivity index (χ2n) is 16.9. The van der Waals surface area contributed by atoms with Gasteiger partial charge in [-0.2, -0.15) is 0 Å². The van der Waals surface area contributed by atoms with Crippen molar-refractivity contribution in [2.75, 3.05) is 0 Å². The van der Waals surface area contributed by atoms with Gasteiger partial charge in [-0.1, -0.05) is 182 Å². The third-order valence-electron chi connectivity index (χ3n) is 12.8. The molecule has 0 saturated heterocycles. The van der Waals surface area contributed by atoms with Crippen LogP contribution in [-0.4, -0.2) is 34.1 Å². The van der Waals surface area contributed by atoms with E-state index in [9.17, 15) is 0 Å². The Morgan fingerprint density at radius 1 is 0.235 bits per heavy atom. The van der Waals surface area contributed by atoms with Crippen molar-refractivity contribution in [2.45, 2.75) is 0 Å². The fourth-order valence-electron chi connectivity index (χ4n) is 9.67. The largest absolute Gasteiger partial charge is 0.309 e. The lowest BCUT2D eigenvalue weighted by Crippen LogP contribution is -2.01. The van der Waals surface area contributed by atoms with E-state index in [1.165, 1.54) is 21.5 Å². The van der Waals surface area contributed by atoms with Crippen molar-refractivity contribution >= 4 is 43.6 Å². The van der Waals surface area contributed by atoms with E-state index in [4.69, 9.17) is 24.9 Å². The summed E-state index contributed by atoms with van der Waals surface area (Å²) in [7, 11) is 0. The number of para-hydroxylation sites is 2. The molecular weight excluding hydrogens is 831 g/mol. The molecule has 9 aromatic carbocycles. The van der Waals surface area contributed by atoms with E-state index in [-0.39, 0.29) is 0 Å². The van der Waals surface area contributed by atoms with Crippen molar-refractivity contribution in [1.29, 1.82) is 0 Å². The summed E-state index contributed by atoms with van der Waals surface area (Å²) in [5.74, 6) is 2.57. The van der Waals surface area contributed by atoms with Crippen LogP contribution in [0.2, 0.25) is 0 Å². The van der Waals surface area contributed by atoms with Gasteiger partial charge in [-0.25, -0.2) is 24.9 Å². The van der Waals surface area contributed by atoms with Crippen LogP contribution in [0, 0.1) is 0 Å². The minimum Gasteiger partial charge on any atom is -0.309 e. The van der Waals surface area contributed by atoms with Crippen LogP contribution in [0.15, 0.2) is 237 Å². The Balaban J connectivity index is 0.981.